The number of urea groups is 1. The summed E-state index contributed by atoms with van der Waals surface area (Å²) in [6.45, 7) is 2.46. The van der Waals surface area contributed by atoms with E-state index in [-0.39, 0.29) is 24.6 Å². The molecule has 2 amide bonds. The summed E-state index contributed by atoms with van der Waals surface area (Å²) in [6.07, 6.45) is 4.62. The molecule has 0 aliphatic heterocycles. The van der Waals surface area contributed by atoms with Gasteiger partial charge in [-0.2, -0.15) is 0 Å². The Morgan fingerprint density at radius 2 is 2.32 bits per heavy atom. The quantitative estimate of drug-likeness (QED) is 0.711. The second-order valence-corrected chi connectivity index (χ2v) is 4.77. The smallest absolute Gasteiger partial charge is 0.315 e. The second kappa shape index (κ2) is 6.33. The second-order valence-electron chi connectivity index (χ2n) is 4.77. The van der Waals surface area contributed by atoms with Crippen LogP contribution in [0.15, 0.2) is 30.4 Å². The molecule has 5 heteroatoms. The molecule has 1 aromatic rings. The molecule has 5 nitrogen and oxygen atoms in total. The fourth-order valence-electron chi connectivity index (χ4n) is 2.11. The summed E-state index contributed by atoms with van der Waals surface area (Å²) in [5.41, 5.74) is 1.77. The summed E-state index contributed by atoms with van der Waals surface area (Å²) in [7, 11) is 0. The van der Waals surface area contributed by atoms with Crippen LogP contribution in [0.1, 0.15) is 17.8 Å². The zero-order valence-corrected chi connectivity index (χ0v) is 11.0. The van der Waals surface area contributed by atoms with E-state index in [1.807, 2.05) is 37.3 Å². The molecule has 0 fully saturated rings. The predicted octanol–water partition coefficient (Wildman–Crippen LogP) is 1.13. The summed E-state index contributed by atoms with van der Waals surface area (Å²) < 4.78 is 0. The first kappa shape index (κ1) is 13.5. The van der Waals surface area contributed by atoms with E-state index in [4.69, 9.17) is 5.11 Å². The van der Waals surface area contributed by atoms with Crippen LogP contribution in [-0.4, -0.2) is 28.8 Å². The highest BCUT2D eigenvalue weighted by Gasteiger charge is 2.19. The number of hydrogen-bond acceptors (Lipinski definition) is 3. The lowest BCUT2D eigenvalue weighted by atomic mass is 10.1. The van der Waals surface area contributed by atoms with Crippen LogP contribution >= 0.6 is 0 Å². The number of nitrogens with zero attached hydrogens (tertiary/aromatic N) is 1. The van der Waals surface area contributed by atoms with Gasteiger partial charge in [0.05, 0.1) is 12.2 Å². The van der Waals surface area contributed by atoms with Crippen LogP contribution in [-0.2, 0) is 6.54 Å². The van der Waals surface area contributed by atoms with E-state index in [1.54, 1.807) is 0 Å². The number of nitrogens with one attached hydrogen (secondary N) is 2. The first-order valence-electron chi connectivity index (χ1n) is 6.43. The minimum atomic E-state index is -0.212. The molecule has 1 aromatic heterocycles. The minimum Gasteiger partial charge on any atom is -0.396 e. The van der Waals surface area contributed by atoms with Gasteiger partial charge in [-0.25, -0.2) is 4.79 Å². The molecular formula is C14H19N3O2. The molecule has 3 N–H and O–H groups in total. The molecule has 102 valence electrons. The Kier molecular flexibility index (Phi) is 4.52. The first-order valence-corrected chi connectivity index (χ1v) is 6.43. The molecule has 1 heterocycles. The highest BCUT2D eigenvalue weighted by molar-refractivity contribution is 5.74. The monoisotopic (exact) mass is 261 g/mol. The number of aliphatic hydroxyl groups excluding tert-OH is 1. The van der Waals surface area contributed by atoms with Crippen molar-refractivity contribution in [2.45, 2.75) is 25.9 Å². The van der Waals surface area contributed by atoms with Crippen LogP contribution in [0.5, 0.6) is 0 Å². The van der Waals surface area contributed by atoms with Gasteiger partial charge < -0.3 is 15.7 Å². The van der Waals surface area contributed by atoms with E-state index in [2.05, 4.69) is 15.6 Å². The lowest BCUT2D eigenvalue weighted by Crippen LogP contribution is -2.40. The Morgan fingerprint density at radius 3 is 3.00 bits per heavy atom. The van der Waals surface area contributed by atoms with Gasteiger partial charge in [-0.3, -0.25) is 4.98 Å². The number of carbonyl (C=O) groups excluding carboxylic acids is 1. The lowest BCUT2D eigenvalue weighted by Gasteiger charge is -2.13. The normalized spacial score (nSPS) is 21.4. The number of aliphatic hydroxyl groups is 1. The van der Waals surface area contributed by atoms with Crippen molar-refractivity contribution in [3.05, 3.63) is 41.7 Å². The molecule has 0 spiro atoms. The van der Waals surface area contributed by atoms with Gasteiger partial charge in [-0.05, 0) is 25.5 Å². The summed E-state index contributed by atoms with van der Waals surface area (Å²) >= 11 is 0. The number of aryl methyl sites for hydroxylation is 1. The van der Waals surface area contributed by atoms with Crippen molar-refractivity contribution < 1.29 is 9.90 Å². The Labute approximate surface area is 112 Å². The average Bonchev–Trinajstić information content (AvgIpc) is 2.84. The zero-order valence-electron chi connectivity index (χ0n) is 11.0. The van der Waals surface area contributed by atoms with Crippen LogP contribution in [0, 0.1) is 12.8 Å². The van der Waals surface area contributed by atoms with E-state index in [9.17, 15) is 4.79 Å². The highest BCUT2D eigenvalue weighted by Crippen LogP contribution is 2.16. The number of hydrogen-bond donors (Lipinski definition) is 3. The van der Waals surface area contributed by atoms with Crippen LogP contribution in [0.2, 0.25) is 0 Å². The fourth-order valence-corrected chi connectivity index (χ4v) is 2.11. The van der Waals surface area contributed by atoms with Gasteiger partial charge >= 0.3 is 6.03 Å². The summed E-state index contributed by atoms with van der Waals surface area (Å²) in [5.74, 6) is 0.156. The van der Waals surface area contributed by atoms with E-state index < -0.39 is 0 Å². The van der Waals surface area contributed by atoms with E-state index in [0.717, 1.165) is 17.8 Å². The number of pyridine rings is 1. The van der Waals surface area contributed by atoms with Crippen molar-refractivity contribution in [3.8, 4) is 0 Å². The number of aromatic nitrogens is 1. The molecule has 1 aliphatic rings. The Morgan fingerprint density at radius 1 is 1.47 bits per heavy atom. The molecule has 0 aromatic carbocycles. The van der Waals surface area contributed by atoms with Gasteiger partial charge in [-0.1, -0.05) is 18.2 Å². The third kappa shape index (κ3) is 4.06. The first-order chi connectivity index (χ1) is 9.17. The summed E-state index contributed by atoms with van der Waals surface area (Å²) in [5, 5.41) is 14.6. The highest BCUT2D eigenvalue weighted by atomic mass is 16.3. The Balaban J connectivity index is 1.75. The number of amides is 2. The Hall–Kier alpha value is -1.88. The van der Waals surface area contributed by atoms with Gasteiger partial charge in [0.1, 0.15) is 0 Å². The maximum Gasteiger partial charge on any atom is 0.315 e. The van der Waals surface area contributed by atoms with Crippen LogP contribution < -0.4 is 10.6 Å². The van der Waals surface area contributed by atoms with Gasteiger partial charge in [0.25, 0.3) is 0 Å². The SMILES string of the molecule is Cc1cccc(CNC(=O)N[C@@H]2C=C[C@H](CO)C2)n1. The van der Waals surface area contributed by atoms with Crippen molar-refractivity contribution >= 4 is 6.03 Å². The molecule has 0 bridgehead atoms. The molecule has 2 rings (SSSR count). The molecule has 0 radical (unpaired) electrons. The van der Waals surface area contributed by atoms with Gasteiger partial charge in [0, 0.05) is 24.3 Å². The molecular weight excluding hydrogens is 242 g/mol. The van der Waals surface area contributed by atoms with Crippen molar-refractivity contribution in [2.24, 2.45) is 5.92 Å². The summed E-state index contributed by atoms with van der Waals surface area (Å²) in [6, 6.07) is 5.51. The molecule has 2 atom stereocenters. The van der Waals surface area contributed by atoms with Crippen LogP contribution in [0.4, 0.5) is 4.79 Å². The van der Waals surface area contributed by atoms with E-state index in [1.165, 1.54) is 0 Å². The predicted molar refractivity (Wildman–Crippen MR) is 72.5 cm³/mol. The van der Waals surface area contributed by atoms with Crippen molar-refractivity contribution in [1.82, 2.24) is 15.6 Å². The Bertz CT molecular complexity index is 474. The molecule has 19 heavy (non-hydrogen) atoms. The fraction of sp³-hybridized carbons (Fsp3) is 0.429. The van der Waals surface area contributed by atoms with Crippen LogP contribution in [0.3, 0.4) is 0 Å². The third-order valence-electron chi connectivity index (χ3n) is 3.10. The number of rotatable bonds is 4. The van der Waals surface area contributed by atoms with Gasteiger partial charge in [0.15, 0.2) is 0 Å². The van der Waals surface area contributed by atoms with E-state index in [0.29, 0.717) is 6.54 Å². The van der Waals surface area contributed by atoms with E-state index >= 15 is 0 Å². The largest absolute Gasteiger partial charge is 0.396 e. The van der Waals surface area contributed by atoms with Crippen molar-refractivity contribution in [3.63, 3.8) is 0 Å². The molecule has 0 saturated carbocycles. The molecule has 0 unspecified atom stereocenters. The minimum absolute atomic E-state index is 0.00242. The summed E-state index contributed by atoms with van der Waals surface area (Å²) in [4.78, 5) is 16.0. The maximum absolute atomic E-state index is 11.7. The molecule has 1 aliphatic carbocycles. The van der Waals surface area contributed by atoms with Crippen LogP contribution in [0.25, 0.3) is 0 Å². The maximum atomic E-state index is 11.7. The number of carbonyl (C=O) groups is 1. The average molecular weight is 261 g/mol. The van der Waals surface area contributed by atoms with Crippen molar-refractivity contribution in [1.29, 1.82) is 0 Å². The lowest BCUT2D eigenvalue weighted by molar-refractivity contribution is 0.231. The van der Waals surface area contributed by atoms with Gasteiger partial charge in [-0.15, -0.1) is 0 Å². The molecule has 0 saturated heterocycles. The third-order valence-corrected chi connectivity index (χ3v) is 3.10. The topological polar surface area (TPSA) is 74.2 Å². The zero-order chi connectivity index (χ0) is 13.7. The van der Waals surface area contributed by atoms with Gasteiger partial charge in [0.2, 0.25) is 0 Å². The standard InChI is InChI=1S/C14H19N3O2/c1-10-3-2-4-13(16-10)8-15-14(19)17-12-6-5-11(7-12)9-18/h2-6,11-12,18H,7-9H2,1H3,(H2,15,17,19)/t11-,12+/m0/s1. The van der Waals surface area contributed by atoms with Crippen molar-refractivity contribution in [2.75, 3.05) is 6.61 Å².